The summed E-state index contributed by atoms with van der Waals surface area (Å²) in [6.45, 7) is 0.266. The number of hydrogen-bond donors (Lipinski definition) is 2. The van der Waals surface area contributed by atoms with Gasteiger partial charge in [-0.2, -0.15) is 0 Å². The predicted octanol–water partition coefficient (Wildman–Crippen LogP) is 7.52. The average Bonchev–Trinajstić information content (AvgIpc) is 3.28. The highest BCUT2D eigenvalue weighted by Crippen LogP contribution is 2.65. The van der Waals surface area contributed by atoms with E-state index in [0.29, 0.717) is 15.7 Å². The summed E-state index contributed by atoms with van der Waals surface area (Å²) in [5.41, 5.74) is 1.13. The number of rotatable bonds is 6. The van der Waals surface area contributed by atoms with Crippen LogP contribution in [0.2, 0.25) is 10.0 Å². The van der Waals surface area contributed by atoms with Gasteiger partial charge < -0.3 is 10.6 Å². The zero-order valence-electron chi connectivity index (χ0n) is 16.3. The predicted molar refractivity (Wildman–Crippen MR) is 126 cm³/mol. The van der Waals surface area contributed by atoms with Gasteiger partial charge in [0.05, 0.1) is 11.3 Å². The Morgan fingerprint density at radius 2 is 1.62 bits per heavy atom. The first-order valence-electron chi connectivity index (χ1n) is 9.60. The number of anilines is 2. The van der Waals surface area contributed by atoms with Crippen molar-refractivity contribution in [3.05, 3.63) is 93.5 Å². The summed E-state index contributed by atoms with van der Waals surface area (Å²) in [6.07, 6.45) is 0. The van der Waals surface area contributed by atoms with Crippen LogP contribution in [0.25, 0.3) is 0 Å². The molecule has 1 fully saturated rings. The van der Waals surface area contributed by atoms with Gasteiger partial charge in [0.2, 0.25) is 0 Å². The fraction of sp³-hybridized carbons (Fsp3) is 0.174. The van der Waals surface area contributed by atoms with Crippen molar-refractivity contribution in [1.82, 2.24) is 0 Å². The second-order valence-corrected chi connectivity index (χ2v) is 9.79. The summed E-state index contributed by atoms with van der Waals surface area (Å²) in [4.78, 5) is 12.5. The molecule has 3 aromatic carbocycles. The normalized spacial score (nSPS) is 18.8. The lowest BCUT2D eigenvalue weighted by atomic mass is 10.1. The van der Waals surface area contributed by atoms with E-state index in [4.69, 9.17) is 46.4 Å². The van der Waals surface area contributed by atoms with Crippen LogP contribution in [-0.2, 0) is 0 Å². The number of hydrogen-bond acceptors (Lipinski definition) is 2. The minimum atomic E-state index is -1.06. The Morgan fingerprint density at radius 1 is 0.969 bits per heavy atom. The van der Waals surface area contributed by atoms with Crippen LogP contribution < -0.4 is 10.6 Å². The summed E-state index contributed by atoms with van der Waals surface area (Å²) in [5, 5.41) is 6.48. The molecule has 0 radical (unpaired) electrons. The Bertz CT molecular complexity index is 1150. The summed E-state index contributed by atoms with van der Waals surface area (Å²) in [7, 11) is 0. The van der Waals surface area contributed by atoms with Crippen molar-refractivity contribution >= 4 is 63.7 Å². The van der Waals surface area contributed by atoms with E-state index in [9.17, 15) is 13.6 Å². The Labute approximate surface area is 203 Å². The van der Waals surface area contributed by atoms with Gasteiger partial charge in [-0.05, 0) is 60.2 Å². The van der Waals surface area contributed by atoms with Gasteiger partial charge in [0.15, 0.2) is 5.82 Å². The summed E-state index contributed by atoms with van der Waals surface area (Å²) in [6, 6.07) is 14.7. The summed E-state index contributed by atoms with van der Waals surface area (Å²) in [5.74, 6) is -2.27. The minimum Gasteiger partial charge on any atom is -0.382 e. The van der Waals surface area contributed by atoms with Crippen LogP contribution in [0, 0.1) is 17.6 Å². The van der Waals surface area contributed by atoms with Crippen LogP contribution in [0.3, 0.4) is 0 Å². The lowest BCUT2D eigenvalue weighted by Crippen LogP contribution is -2.16. The Balaban J connectivity index is 1.46. The quantitative estimate of drug-likeness (QED) is 0.333. The molecular formula is C23H16Cl4F2N2O. The number of nitrogens with one attached hydrogen (secondary N) is 2. The van der Waals surface area contributed by atoms with Crippen LogP contribution in [0.5, 0.6) is 0 Å². The fourth-order valence-corrected chi connectivity index (χ4v) is 5.03. The highest BCUT2D eigenvalue weighted by Gasteiger charge is 2.63. The summed E-state index contributed by atoms with van der Waals surface area (Å²) < 4.78 is 27.0. The first kappa shape index (κ1) is 23.1. The fourth-order valence-electron chi connectivity index (χ4n) is 3.65. The second-order valence-electron chi connectivity index (χ2n) is 7.47. The number of halogens is 6. The van der Waals surface area contributed by atoms with E-state index >= 15 is 0 Å². The zero-order chi connectivity index (χ0) is 23.0. The third-order valence-corrected chi connectivity index (χ3v) is 6.77. The lowest BCUT2D eigenvalue weighted by Gasteiger charge is -2.11. The first-order chi connectivity index (χ1) is 15.2. The van der Waals surface area contributed by atoms with E-state index in [-0.39, 0.29) is 29.6 Å². The zero-order valence-corrected chi connectivity index (χ0v) is 19.3. The molecule has 2 unspecified atom stereocenters. The molecule has 32 heavy (non-hydrogen) atoms. The van der Waals surface area contributed by atoms with E-state index in [1.165, 1.54) is 36.4 Å². The molecule has 0 aromatic heterocycles. The molecule has 9 heteroatoms. The SMILES string of the molecule is O=C(Nc1ccc(F)cc1)c1cccc(NCC2C(c3cc(Cl)cc(Cl)c3)C2(Cl)Cl)c1F. The largest absolute Gasteiger partial charge is 0.382 e. The van der Waals surface area contributed by atoms with Crippen molar-refractivity contribution in [3.8, 4) is 0 Å². The van der Waals surface area contributed by atoms with E-state index in [1.54, 1.807) is 24.3 Å². The molecule has 1 saturated carbocycles. The molecule has 166 valence electrons. The first-order valence-corrected chi connectivity index (χ1v) is 11.1. The van der Waals surface area contributed by atoms with Crippen LogP contribution >= 0.6 is 46.4 Å². The van der Waals surface area contributed by atoms with Crippen molar-refractivity contribution in [2.45, 2.75) is 10.3 Å². The molecule has 0 saturated heterocycles. The van der Waals surface area contributed by atoms with Gasteiger partial charge >= 0.3 is 0 Å². The monoisotopic (exact) mass is 514 g/mol. The number of carbonyl (C=O) groups excluding carboxylic acids is 1. The average molecular weight is 516 g/mol. The third kappa shape index (κ3) is 4.81. The number of alkyl halides is 2. The van der Waals surface area contributed by atoms with Crippen LogP contribution in [-0.4, -0.2) is 16.8 Å². The van der Waals surface area contributed by atoms with Gasteiger partial charge in [-0.15, -0.1) is 23.2 Å². The van der Waals surface area contributed by atoms with Crippen LogP contribution in [0.1, 0.15) is 21.8 Å². The number of benzene rings is 3. The van der Waals surface area contributed by atoms with Crippen molar-refractivity contribution in [1.29, 1.82) is 0 Å². The Kier molecular flexibility index (Phi) is 6.55. The van der Waals surface area contributed by atoms with Gasteiger partial charge in [-0.1, -0.05) is 29.3 Å². The molecule has 3 aromatic rings. The van der Waals surface area contributed by atoms with E-state index in [0.717, 1.165) is 5.56 Å². The Morgan fingerprint density at radius 3 is 2.28 bits per heavy atom. The molecule has 1 amide bonds. The van der Waals surface area contributed by atoms with Crippen molar-refractivity contribution < 1.29 is 13.6 Å². The molecule has 0 aliphatic heterocycles. The molecule has 0 bridgehead atoms. The lowest BCUT2D eigenvalue weighted by molar-refractivity contribution is 0.102. The second kappa shape index (κ2) is 9.06. The number of carbonyl (C=O) groups is 1. The standard InChI is InChI=1S/C23H16Cl4F2N2O/c24-13-8-12(9-14(25)10-13)20-18(23(20,26)27)11-30-19-3-1-2-17(21(19)29)22(32)31-16-6-4-15(28)5-7-16/h1-10,18,20,30H,11H2,(H,31,32). The van der Waals surface area contributed by atoms with Gasteiger partial charge in [0.25, 0.3) is 5.91 Å². The van der Waals surface area contributed by atoms with Crippen molar-refractivity contribution in [2.24, 2.45) is 5.92 Å². The smallest absolute Gasteiger partial charge is 0.258 e. The third-order valence-electron chi connectivity index (χ3n) is 5.30. The summed E-state index contributed by atoms with van der Waals surface area (Å²) >= 11 is 25.1. The maximum Gasteiger partial charge on any atom is 0.258 e. The maximum absolute atomic E-state index is 15.0. The van der Waals surface area contributed by atoms with E-state index < -0.39 is 21.9 Å². The molecule has 1 aliphatic rings. The van der Waals surface area contributed by atoms with Crippen LogP contribution in [0.4, 0.5) is 20.2 Å². The molecule has 2 atom stereocenters. The molecule has 0 heterocycles. The Hall–Kier alpha value is -2.05. The van der Waals surface area contributed by atoms with Gasteiger partial charge in [0.1, 0.15) is 10.2 Å². The molecule has 3 nitrogen and oxygen atoms in total. The van der Waals surface area contributed by atoms with Crippen molar-refractivity contribution in [2.75, 3.05) is 17.2 Å². The van der Waals surface area contributed by atoms with Gasteiger partial charge in [0, 0.05) is 34.1 Å². The highest BCUT2D eigenvalue weighted by atomic mass is 35.5. The molecule has 0 spiro atoms. The van der Waals surface area contributed by atoms with Gasteiger partial charge in [-0.25, -0.2) is 8.78 Å². The van der Waals surface area contributed by atoms with E-state index in [1.807, 2.05) is 0 Å². The topological polar surface area (TPSA) is 41.1 Å². The van der Waals surface area contributed by atoms with Crippen LogP contribution in [0.15, 0.2) is 60.7 Å². The molecule has 2 N–H and O–H groups in total. The molecular weight excluding hydrogens is 500 g/mol. The van der Waals surface area contributed by atoms with Crippen molar-refractivity contribution in [3.63, 3.8) is 0 Å². The molecule has 4 rings (SSSR count). The highest BCUT2D eigenvalue weighted by molar-refractivity contribution is 6.52. The minimum absolute atomic E-state index is 0.135. The maximum atomic E-state index is 15.0. The number of amides is 1. The van der Waals surface area contributed by atoms with Gasteiger partial charge in [-0.3, -0.25) is 4.79 Å². The molecule has 1 aliphatic carbocycles. The van der Waals surface area contributed by atoms with E-state index in [2.05, 4.69) is 10.6 Å².